The maximum Gasteiger partial charge on any atom is 0.340 e. The molecule has 4 rings (SSSR count). The fraction of sp³-hybridized carbons (Fsp3) is 0.433. The lowest BCUT2D eigenvalue weighted by atomic mass is 9.74. The van der Waals surface area contributed by atoms with Crippen LogP contribution < -0.4 is 5.32 Å². The van der Waals surface area contributed by atoms with Crippen molar-refractivity contribution in [3.63, 3.8) is 0 Å². The summed E-state index contributed by atoms with van der Waals surface area (Å²) in [7, 11) is 1.35. The second-order valence-electron chi connectivity index (χ2n) is 9.81. The monoisotopic (exact) mass is 586 g/mol. The summed E-state index contributed by atoms with van der Waals surface area (Å²) in [5.74, 6) is -1.44. The molecular weight excluding hydrogens is 552 g/mol. The number of amides is 1. The van der Waals surface area contributed by atoms with Gasteiger partial charge in [0, 0.05) is 35.6 Å². The van der Waals surface area contributed by atoms with Gasteiger partial charge in [-0.1, -0.05) is 35.9 Å². The van der Waals surface area contributed by atoms with Crippen LogP contribution in [0.5, 0.6) is 0 Å². The van der Waals surface area contributed by atoms with Crippen LogP contribution in [0.4, 0.5) is 0 Å². The summed E-state index contributed by atoms with van der Waals surface area (Å²) in [5, 5.41) is 12.7. The second-order valence-corrected chi connectivity index (χ2v) is 10.2. The molecule has 1 amide bonds. The Morgan fingerprint density at radius 3 is 2.34 bits per heavy atom. The van der Waals surface area contributed by atoms with Crippen molar-refractivity contribution in [2.24, 2.45) is 0 Å². The highest BCUT2D eigenvalue weighted by molar-refractivity contribution is 6.34. The highest BCUT2D eigenvalue weighted by Gasteiger charge is 2.39. The molecule has 0 aliphatic heterocycles. The first-order chi connectivity index (χ1) is 19.8. The quantitative estimate of drug-likeness (QED) is 0.162. The molecule has 1 saturated carbocycles. The average Bonchev–Trinajstić information content (AvgIpc) is 3.35. The molecule has 1 aliphatic carbocycles. The first-order valence-electron chi connectivity index (χ1n) is 13.6. The van der Waals surface area contributed by atoms with Gasteiger partial charge in [0.05, 0.1) is 62.8 Å². The number of hydrogen-bond donors (Lipinski definition) is 3. The Balaban J connectivity index is 1.25. The molecule has 41 heavy (non-hydrogen) atoms. The van der Waals surface area contributed by atoms with Crippen molar-refractivity contribution in [2.75, 3.05) is 46.7 Å². The van der Waals surface area contributed by atoms with E-state index in [-0.39, 0.29) is 44.2 Å². The molecule has 0 spiro atoms. The topological polar surface area (TPSA) is 136 Å². The number of halogens is 1. The van der Waals surface area contributed by atoms with Crippen molar-refractivity contribution < 1.29 is 38.4 Å². The van der Waals surface area contributed by atoms with Gasteiger partial charge >= 0.3 is 11.9 Å². The molecule has 10 nitrogen and oxygen atoms in total. The van der Waals surface area contributed by atoms with Crippen LogP contribution >= 0.6 is 11.6 Å². The minimum atomic E-state index is -0.905. The lowest BCUT2D eigenvalue weighted by Gasteiger charge is -2.42. The van der Waals surface area contributed by atoms with E-state index in [1.165, 1.54) is 7.11 Å². The standard InChI is InChI=1S/C30H35ClN2O8/c1-38-29(37)24-19-33-26-18-25(31)22(17-23(24)26)20-3-5-21(6-4-20)30(9-2-10-30)41-14-11-32-27(34)7-12-39-15-16-40-13-8-28(35)36/h3-6,17-19,33H,2,7-16H2,1H3,(H,32,34)(H,35,36). The summed E-state index contributed by atoms with van der Waals surface area (Å²) < 4.78 is 21.7. The van der Waals surface area contributed by atoms with Gasteiger partial charge in [-0.3, -0.25) is 9.59 Å². The van der Waals surface area contributed by atoms with Crippen LogP contribution in [0.2, 0.25) is 5.02 Å². The SMILES string of the molecule is COC(=O)c1c[nH]c2cc(Cl)c(-c3ccc(C4(OCCNC(=O)CCOCCOCCC(=O)O)CCC4)cc3)cc12. The number of aliphatic carboxylic acids is 1. The van der Waals surface area contributed by atoms with Gasteiger partial charge in [0.15, 0.2) is 0 Å². The number of carboxylic acids is 1. The molecule has 1 aliphatic rings. The molecule has 0 unspecified atom stereocenters. The lowest BCUT2D eigenvalue weighted by molar-refractivity contribution is -0.138. The molecule has 1 aromatic heterocycles. The van der Waals surface area contributed by atoms with Crippen molar-refractivity contribution in [1.82, 2.24) is 10.3 Å². The molecule has 220 valence electrons. The number of fused-ring (bicyclic) bond motifs is 1. The van der Waals surface area contributed by atoms with Crippen molar-refractivity contribution >= 4 is 40.3 Å². The van der Waals surface area contributed by atoms with Crippen LogP contribution in [0.25, 0.3) is 22.0 Å². The Morgan fingerprint density at radius 1 is 1.00 bits per heavy atom. The Bertz CT molecular complexity index is 1350. The predicted octanol–water partition coefficient (Wildman–Crippen LogP) is 4.68. The Hall–Kier alpha value is -3.44. The zero-order chi connectivity index (χ0) is 29.2. The predicted molar refractivity (Wildman–Crippen MR) is 153 cm³/mol. The van der Waals surface area contributed by atoms with Gasteiger partial charge in [-0.2, -0.15) is 0 Å². The molecule has 3 N–H and O–H groups in total. The van der Waals surface area contributed by atoms with E-state index in [2.05, 4.69) is 22.4 Å². The maximum atomic E-state index is 12.1. The molecule has 0 atom stereocenters. The lowest BCUT2D eigenvalue weighted by Crippen LogP contribution is -2.39. The number of aromatic amines is 1. The zero-order valence-corrected chi connectivity index (χ0v) is 23.8. The number of hydrogen-bond acceptors (Lipinski definition) is 7. The smallest absolute Gasteiger partial charge is 0.340 e. The first kappa shape index (κ1) is 30.5. The van der Waals surface area contributed by atoms with Gasteiger partial charge in [-0.15, -0.1) is 0 Å². The van der Waals surface area contributed by atoms with Crippen molar-refractivity contribution in [1.29, 1.82) is 0 Å². The van der Waals surface area contributed by atoms with Crippen LogP contribution in [-0.2, 0) is 34.1 Å². The van der Waals surface area contributed by atoms with E-state index < -0.39 is 11.9 Å². The van der Waals surface area contributed by atoms with E-state index in [9.17, 15) is 14.4 Å². The molecule has 0 bridgehead atoms. The number of methoxy groups -OCH3 is 1. The summed E-state index contributed by atoms with van der Waals surface area (Å²) >= 11 is 6.59. The van der Waals surface area contributed by atoms with Crippen molar-refractivity contribution in [3.05, 3.63) is 58.7 Å². The van der Waals surface area contributed by atoms with E-state index >= 15 is 0 Å². The molecule has 3 aromatic rings. The molecule has 0 radical (unpaired) electrons. The van der Waals surface area contributed by atoms with E-state index in [4.69, 9.17) is 35.7 Å². The fourth-order valence-electron chi connectivity index (χ4n) is 4.78. The van der Waals surface area contributed by atoms with Gasteiger partial charge in [0.2, 0.25) is 5.91 Å². The number of carbonyl (C=O) groups is 3. The number of aromatic nitrogens is 1. The van der Waals surface area contributed by atoms with Crippen molar-refractivity contribution in [3.8, 4) is 11.1 Å². The van der Waals surface area contributed by atoms with Gasteiger partial charge in [0.1, 0.15) is 0 Å². The summed E-state index contributed by atoms with van der Waals surface area (Å²) in [4.78, 5) is 37.7. The Morgan fingerprint density at radius 2 is 1.71 bits per heavy atom. The summed E-state index contributed by atoms with van der Waals surface area (Å²) in [6.07, 6.45) is 4.68. The number of carboxylic acid groups (broad SMARTS) is 1. The normalized spacial score (nSPS) is 14.0. The maximum absolute atomic E-state index is 12.1. The van der Waals surface area contributed by atoms with Gasteiger partial charge in [-0.25, -0.2) is 4.79 Å². The first-order valence-corrected chi connectivity index (χ1v) is 14.0. The molecular formula is C30H35ClN2O8. The van der Waals surface area contributed by atoms with Gasteiger partial charge in [0.25, 0.3) is 0 Å². The number of H-pyrrole nitrogens is 1. The average molecular weight is 587 g/mol. The zero-order valence-electron chi connectivity index (χ0n) is 23.0. The Labute approximate surface area is 243 Å². The van der Waals surface area contributed by atoms with E-state index in [0.29, 0.717) is 30.3 Å². The summed E-state index contributed by atoms with van der Waals surface area (Å²) in [5.41, 5.74) is 3.66. The number of carbonyl (C=O) groups excluding carboxylic acids is 2. The number of nitrogens with one attached hydrogen (secondary N) is 2. The van der Waals surface area contributed by atoms with Crippen LogP contribution in [-0.4, -0.2) is 74.6 Å². The van der Waals surface area contributed by atoms with Crippen LogP contribution in [0.15, 0.2) is 42.6 Å². The third-order valence-electron chi connectivity index (χ3n) is 7.17. The Kier molecular flexibility index (Phi) is 10.8. The number of rotatable bonds is 16. The van der Waals surface area contributed by atoms with E-state index in [0.717, 1.165) is 46.9 Å². The number of benzene rings is 2. The highest BCUT2D eigenvalue weighted by atomic mass is 35.5. The minimum Gasteiger partial charge on any atom is -0.481 e. The van der Waals surface area contributed by atoms with Gasteiger partial charge in [-0.05, 0) is 42.5 Å². The van der Waals surface area contributed by atoms with Crippen LogP contribution in [0.3, 0.4) is 0 Å². The highest BCUT2D eigenvalue weighted by Crippen LogP contribution is 2.45. The fourth-order valence-corrected chi connectivity index (χ4v) is 5.06. The number of esters is 1. The molecule has 0 saturated heterocycles. The van der Waals surface area contributed by atoms with Gasteiger partial charge < -0.3 is 34.4 Å². The number of ether oxygens (including phenoxy) is 4. The third-order valence-corrected chi connectivity index (χ3v) is 7.48. The molecule has 11 heteroatoms. The summed E-state index contributed by atoms with van der Waals surface area (Å²) in [6, 6.07) is 11.8. The molecule has 2 aromatic carbocycles. The van der Waals surface area contributed by atoms with Crippen LogP contribution in [0, 0.1) is 0 Å². The van der Waals surface area contributed by atoms with E-state index in [1.807, 2.05) is 24.3 Å². The largest absolute Gasteiger partial charge is 0.481 e. The second kappa shape index (κ2) is 14.5. The molecule has 1 fully saturated rings. The summed E-state index contributed by atoms with van der Waals surface area (Å²) in [6.45, 7) is 1.78. The minimum absolute atomic E-state index is 0.0440. The molecule has 1 heterocycles. The van der Waals surface area contributed by atoms with Crippen LogP contribution in [0.1, 0.15) is 48.0 Å². The third kappa shape index (κ3) is 7.85. The van der Waals surface area contributed by atoms with E-state index in [1.54, 1.807) is 6.20 Å². The van der Waals surface area contributed by atoms with Crippen molar-refractivity contribution in [2.45, 2.75) is 37.7 Å².